The van der Waals surface area contributed by atoms with E-state index >= 15 is 0 Å². The largest absolute Gasteiger partial charge is 0.468 e. The lowest BCUT2D eigenvalue weighted by Gasteiger charge is -2.09. The Labute approximate surface area is 104 Å². The van der Waals surface area contributed by atoms with Crippen molar-refractivity contribution in [2.24, 2.45) is 5.92 Å². The van der Waals surface area contributed by atoms with Gasteiger partial charge in [0.05, 0.1) is 0 Å². The van der Waals surface area contributed by atoms with Gasteiger partial charge < -0.3 is 9.47 Å². The zero-order valence-corrected chi connectivity index (χ0v) is 10.0. The van der Waals surface area contributed by atoms with E-state index in [0.29, 0.717) is 23.7 Å². The smallest absolute Gasteiger partial charge is 0.188 e. The van der Waals surface area contributed by atoms with Gasteiger partial charge in [-0.2, -0.15) is 0 Å². The molecule has 86 valence electrons. The molecule has 0 heterocycles. The average Bonchev–Trinajstić information content (AvgIpc) is 3.14. The summed E-state index contributed by atoms with van der Waals surface area (Å²) in [6.07, 6.45) is 2.46. The Morgan fingerprint density at radius 2 is 2.24 bits per heavy atom. The predicted molar refractivity (Wildman–Crippen MR) is 68.6 cm³/mol. The normalized spacial score (nSPS) is 13.9. The molecule has 0 spiro atoms. The molecule has 17 heavy (non-hydrogen) atoms. The Hall–Kier alpha value is -1.40. The first-order valence-corrected chi connectivity index (χ1v) is 5.91. The summed E-state index contributed by atoms with van der Waals surface area (Å²) in [7, 11) is 5.81. The van der Waals surface area contributed by atoms with Crippen LogP contribution in [0.4, 0.5) is 0 Å². The zero-order chi connectivity index (χ0) is 12.1. The van der Waals surface area contributed by atoms with E-state index in [0.717, 1.165) is 5.56 Å². The highest BCUT2D eigenvalue weighted by atomic mass is 16.7. The van der Waals surface area contributed by atoms with Gasteiger partial charge in [-0.25, -0.2) is 0 Å². The molecule has 2 rings (SSSR count). The van der Waals surface area contributed by atoms with E-state index in [1.54, 1.807) is 0 Å². The van der Waals surface area contributed by atoms with Gasteiger partial charge in [0.15, 0.2) is 6.79 Å². The third-order valence-electron chi connectivity index (χ3n) is 2.51. The fraction of sp³-hybridized carbons (Fsp3) is 0.429. The fourth-order valence-corrected chi connectivity index (χ4v) is 1.34. The van der Waals surface area contributed by atoms with Crippen molar-refractivity contribution in [1.29, 1.82) is 0 Å². The van der Waals surface area contributed by atoms with E-state index < -0.39 is 0 Å². The molecule has 2 radical (unpaired) electrons. The summed E-state index contributed by atoms with van der Waals surface area (Å²) < 4.78 is 10.6. The van der Waals surface area contributed by atoms with Crippen molar-refractivity contribution in [3.63, 3.8) is 0 Å². The lowest BCUT2D eigenvalue weighted by molar-refractivity contribution is 0.0230. The maximum Gasteiger partial charge on any atom is 0.188 e. The van der Waals surface area contributed by atoms with Gasteiger partial charge in [0.2, 0.25) is 0 Å². The van der Waals surface area contributed by atoms with Gasteiger partial charge in [-0.05, 0) is 31.9 Å². The minimum absolute atomic E-state index is 0.222. The highest BCUT2D eigenvalue weighted by molar-refractivity contribution is 6.34. The third-order valence-corrected chi connectivity index (χ3v) is 2.51. The van der Waals surface area contributed by atoms with Crippen LogP contribution in [0.3, 0.4) is 0 Å². The van der Waals surface area contributed by atoms with Crippen LogP contribution in [-0.2, 0) is 4.74 Å². The minimum Gasteiger partial charge on any atom is -0.468 e. The van der Waals surface area contributed by atoms with E-state index in [9.17, 15) is 0 Å². The topological polar surface area (TPSA) is 18.5 Å². The molecule has 2 nitrogen and oxygen atoms in total. The standard InChI is InChI=1S/C14H15BO2/c1-2-16-10-17-14-9-12(7-8-13(14)15)6-5-11-3-4-11/h7-9,11H,2-4,10H2,1H3. The Morgan fingerprint density at radius 3 is 2.94 bits per heavy atom. The first kappa shape index (κ1) is 12.1. The average molecular weight is 226 g/mol. The van der Waals surface area contributed by atoms with Gasteiger partial charge >= 0.3 is 0 Å². The maximum atomic E-state index is 5.81. The number of benzene rings is 1. The van der Waals surface area contributed by atoms with Gasteiger partial charge in [-0.1, -0.05) is 23.4 Å². The SMILES string of the molecule is [B]c1ccc(C#CC2CC2)cc1OCOCC. The van der Waals surface area contributed by atoms with Crippen LogP contribution in [0.2, 0.25) is 0 Å². The van der Waals surface area contributed by atoms with Crippen molar-refractivity contribution in [3.8, 4) is 17.6 Å². The molecule has 1 fully saturated rings. The molecule has 0 N–H and O–H groups in total. The number of ether oxygens (including phenoxy) is 2. The van der Waals surface area contributed by atoms with Crippen molar-refractivity contribution in [3.05, 3.63) is 23.8 Å². The van der Waals surface area contributed by atoms with Gasteiger partial charge in [0.1, 0.15) is 13.6 Å². The molecule has 1 aliphatic rings. The summed E-state index contributed by atoms with van der Waals surface area (Å²) in [6.45, 7) is 2.77. The van der Waals surface area contributed by atoms with Crippen molar-refractivity contribution >= 4 is 13.3 Å². The molecule has 1 aromatic carbocycles. The lowest BCUT2D eigenvalue weighted by Crippen LogP contribution is -2.12. The molecule has 0 bridgehead atoms. The minimum atomic E-state index is 0.222. The molecule has 1 aromatic rings. The molecule has 0 amide bonds. The van der Waals surface area contributed by atoms with E-state index in [-0.39, 0.29) is 6.79 Å². The predicted octanol–water partition coefficient (Wildman–Crippen LogP) is 1.61. The number of hydrogen-bond donors (Lipinski definition) is 0. The molecular formula is C14H15BO2. The molecule has 0 atom stereocenters. The molecule has 0 aliphatic heterocycles. The van der Waals surface area contributed by atoms with Crippen molar-refractivity contribution < 1.29 is 9.47 Å². The van der Waals surface area contributed by atoms with Gasteiger partial charge in [-0.3, -0.25) is 0 Å². The fourth-order valence-electron chi connectivity index (χ4n) is 1.34. The van der Waals surface area contributed by atoms with Crippen LogP contribution in [-0.4, -0.2) is 21.2 Å². The van der Waals surface area contributed by atoms with Crippen LogP contribution in [0.15, 0.2) is 18.2 Å². The Bertz CT molecular complexity index is 441. The van der Waals surface area contributed by atoms with Crippen LogP contribution in [0.5, 0.6) is 5.75 Å². The second-order valence-corrected chi connectivity index (χ2v) is 4.05. The summed E-state index contributed by atoms with van der Waals surface area (Å²) in [4.78, 5) is 0. The Kier molecular flexibility index (Phi) is 4.11. The third kappa shape index (κ3) is 3.83. The monoisotopic (exact) mass is 226 g/mol. The van der Waals surface area contributed by atoms with Crippen LogP contribution >= 0.6 is 0 Å². The summed E-state index contributed by atoms with van der Waals surface area (Å²) in [5, 5.41) is 0. The maximum absolute atomic E-state index is 5.81. The first-order chi connectivity index (χ1) is 8.29. The van der Waals surface area contributed by atoms with Gasteiger partial charge in [-0.15, -0.1) is 0 Å². The first-order valence-electron chi connectivity index (χ1n) is 5.91. The van der Waals surface area contributed by atoms with Crippen LogP contribution < -0.4 is 10.2 Å². The van der Waals surface area contributed by atoms with Crippen LogP contribution in [0.25, 0.3) is 0 Å². The molecular weight excluding hydrogens is 211 g/mol. The summed E-state index contributed by atoms with van der Waals surface area (Å²) in [6, 6.07) is 5.60. The van der Waals surface area contributed by atoms with Gasteiger partial charge in [0, 0.05) is 18.1 Å². The number of hydrogen-bond acceptors (Lipinski definition) is 2. The number of rotatable bonds is 4. The van der Waals surface area contributed by atoms with E-state index in [2.05, 4.69) is 11.8 Å². The van der Waals surface area contributed by atoms with E-state index in [1.807, 2.05) is 25.1 Å². The molecule has 1 aliphatic carbocycles. The molecule has 0 aromatic heterocycles. The summed E-state index contributed by atoms with van der Waals surface area (Å²) >= 11 is 0. The molecule has 1 saturated carbocycles. The van der Waals surface area contributed by atoms with Crippen LogP contribution in [0, 0.1) is 17.8 Å². The van der Waals surface area contributed by atoms with Crippen molar-refractivity contribution in [2.45, 2.75) is 19.8 Å². The highest BCUT2D eigenvalue weighted by Crippen LogP contribution is 2.27. The van der Waals surface area contributed by atoms with Crippen LogP contribution in [0.1, 0.15) is 25.3 Å². The Balaban J connectivity index is 2.03. The second kappa shape index (κ2) is 5.79. The summed E-state index contributed by atoms with van der Waals surface area (Å²) in [5.74, 6) is 7.58. The zero-order valence-electron chi connectivity index (χ0n) is 10.0. The van der Waals surface area contributed by atoms with Gasteiger partial charge in [0.25, 0.3) is 0 Å². The lowest BCUT2D eigenvalue weighted by atomic mass is 9.94. The van der Waals surface area contributed by atoms with E-state index in [1.165, 1.54) is 12.8 Å². The molecule has 3 heteroatoms. The Morgan fingerprint density at radius 1 is 1.41 bits per heavy atom. The molecule has 0 saturated heterocycles. The second-order valence-electron chi connectivity index (χ2n) is 4.05. The van der Waals surface area contributed by atoms with Crippen molar-refractivity contribution in [2.75, 3.05) is 13.4 Å². The van der Waals surface area contributed by atoms with Crippen molar-refractivity contribution in [1.82, 2.24) is 0 Å². The van der Waals surface area contributed by atoms with E-state index in [4.69, 9.17) is 17.3 Å². The molecule has 0 unspecified atom stereocenters. The summed E-state index contributed by atoms with van der Waals surface area (Å²) in [5.41, 5.74) is 1.55. The quantitative estimate of drug-likeness (QED) is 0.336. The highest BCUT2D eigenvalue weighted by Gasteiger charge is 2.17.